The minimum Gasteiger partial charge on any atom is -0.465 e. The molecule has 0 N–H and O–H groups in total. The first-order chi connectivity index (χ1) is 30.2. The molecule has 1 fully saturated rings. The lowest BCUT2D eigenvalue weighted by atomic mass is 9.12. The lowest BCUT2D eigenvalue weighted by Crippen LogP contribution is -2.81. The van der Waals surface area contributed by atoms with Gasteiger partial charge in [0.05, 0.1) is 26.7 Å². The van der Waals surface area contributed by atoms with E-state index in [0.717, 1.165) is 37.0 Å². The molecular weight excluding hydrogens is 955 g/mol. The van der Waals surface area contributed by atoms with E-state index in [-0.39, 0.29) is 16.5 Å². The van der Waals surface area contributed by atoms with Gasteiger partial charge in [-0.3, -0.25) is 0 Å². The Hall–Kier alpha value is -5.43. The number of hydrogen-bond acceptors (Lipinski definition) is 4. The van der Waals surface area contributed by atoms with E-state index in [1.165, 1.54) is 20.6 Å². The Morgan fingerprint density at radius 2 is 0.631 bits per heavy atom. The van der Waals surface area contributed by atoms with Gasteiger partial charge in [0.15, 0.2) is 69.8 Å². The predicted molar refractivity (Wildman–Crippen MR) is 191 cm³/mol. The number of benzene rings is 4. The monoisotopic (exact) mass is 980 g/mol. The van der Waals surface area contributed by atoms with Crippen LogP contribution in [0.15, 0.2) is 11.1 Å². The van der Waals surface area contributed by atoms with Crippen LogP contribution in [0.4, 0.5) is 87.8 Å². The minimum atomic E-state index is -7.22. The van der Waals surface area contributed by atoms with Gasteiger partial charge in [0, 0.05) is 5.57 Å². The van der Waals surface area contributed by atoms with Crippen molar-refractivity contribution in [3.8, 4) is 0 Å². The van der Waals surface area contributed by atoms with E-state index in [2.05, 4.69) is 12.5 Å². The van der Waals surface area contributed by atoms with Gasteiger partial charge in [-0.1, -0.05) is 19.3 Å². The van der Waals surface area contributed by atoms with Gasteiger partial charge < -0.3 is 9.47 Å². The number of methoxy groups -OCH3 is 2. The van der Waals surface area contributed by atoms with Crippen LogP contribution in [0.2, 0.25) is 0 Å². The second-order valence-electron chi connectivity index (χ2n) is 14.1. The zero-order valence-corrected chi connectivity index (χ0v) is 33.8. The lowest BCUT2D eigenvalue weighted by Gasteiger charge is -2.44. The number of rotatable bonds is 9. The van der Waals surface area contributed by atoms with E-state index >= 15 is 35.1 Å². The summed E-state index contributed by atoms with van der Waals surface area (Å²) in [4.78, 5) is 24.0. The average Bonchev–Trinajstić information content (AvgIpc) is 3.28. The molecule has 1 aliphatic carbocycles. The Morgan fingerprint density at radius 3 is 0.831 bits per heavy atom. The second kappa shape index (κ2) is 20.0. The van der Waals surface area contributed by atoms with Crippen molar-refractivity contribution in [2.45, 2.75) is 32.1 Å². The van der Waals surface area contributed by atoms with E-state index in [1.807, 2.05) is 0 Å². The molecule has 26 heteroatoms. The smallest absolute Gasteiger partial charge is 0.345 e. The topological polar surface area (TPSA) is 52.6 Å². The van der Waals surface area contributed by atoms with Crippen LogP contribution < -0.4 is 21.9 Å². The van der Waals surface area contributed by atoms with Gasteiger partial charge in [-0.05, 0) is 29.7 Å². The minimum absolute atomic E-state index is 0.122. The molecule has 4 aromatic rings. The molecule has 0 unspecified atom stereocenters. The number of hydrogen-bond donors (Lipinski definition) is 0. The normalized spacial score (nSPS) is 13.2. The summed E-state index contributed by atoms with van der Waals surface area (Å²) in [5, 5.41) is 0. The van der Waals surface area contributed by atoms with Crippen molar-refractivity contribution >= 4 is 50.8 Å². The highest BCUT2D eigenvalue weighted by Gasteiger charge is 2.52. The van der Waals surface area contributed by atoms with Crippen molar-refractivity contribution in [2.24, 2.45) is 5.92 Å². The van der Waals surface area contributed by atoms with Crippen molar-refractivity contribution in [2.75, 3.05) is 32.5 Å². The van der Waals surface area contributed by atoms with Gasteiger partial charge in [-0.2, -0.15) is 0 Å². The molecule has 0 amide bonds. The zero-order valence-electron chi connectivity index (χ0n) is 33.0. The van der Waals surface area contributed by atoms with Crippen LogP contribution >= 0.6 is 0 Å². The zero-order chi connectivity index (χ0) is 49.5. The maximum atomic E-state index is 15.4. The number of halogens is 20. The van der Waals surface area contributed by atoms with Crippen molar-refractivity contribution in [3.05, 3.63) is 127 Å². The van der Waals surface area contributed by atoms with Gasteiger partial charge in [-0.15, -0.1) is 21.9 Å². The van der Waals surface area contributed by atoms with E-state index in [4.69, 9.17) is 9.47 Å². The highest BCUT2D eigenvalue weighted by molar-refractivity contribution is 7.95. The largest absolute Gasteiger partial charge is 0.465 e. The molecule has 0 aliphatic heterocycles. The summed E-state index contributed by atoms with van der Waals surface area (Å²) >= 11 is 0. The van der Waals surface area contributed by atoms with Gasteiger partial charge in [-0.25, -0.2) is 97.4 Å². The average molecular weight is 980 g/mol. The fourth-order valence-corrected chi connectivity index (χ4v) is 8.58. The SMILES string of the molecule is COC(=O)C(C(=O)OC)=C(C[S+](C)C)C1CCCCC1.Fc1c(F)c(F)c([B-](c2c(F)c(F)c(F)c(F)c2F)(c2c(F)c(F)c(F)c(F)c2F)c2c(F)c(F)c(F)c(F)c2F)c(F)c1F. The first-order valence-electron chi connectivity index (χ1n) is 17.9. The Kier molecular flexibility index (Phi) is 16.0. The fraction of sp³-hybridized carbons (Fsp3) is 0.282. The Morgan fingerprint density at radius 1 is 0.415 bits per heavy atom. The molecule has 354 valence electrons. The first-order valence-corrected chi connectivity index (χ1v) is 20.1. The van der Waals surface area contributed by atoms with E-state index < -0.39 is 156 Å². The molecule has 0 saturated heterocycles. The quantitative estimate of drug-likeness (QED) is 0.0197. The molecule has 5 rings (SSSR count). The van der Waals surface area contributed by atoms with Crippen molar-refractivity contribution in [3.63, 3.8) is 0 Å². The maximum absolute atomic E-state index is 15.4. The van der Waals surface area contributed by atoms with Crippen molar-refractivity contribution in [1.82, 2.24) is 0 Å². The molecule has 65 heavy (non-hydrogen) atoms. The molecule has 4 nitrogen and oxygen atoms in total. The summed E-state index contributed by atoms with van der Waals surface area (Å²) in [6.07, 6.45) is 2.67. The number of ether oxygens (including phenoxy) is 2. The van der Waals surface area contributed by atoms with Crippen LogP contribution in [0, 0.1) is 122 Å². The van der Waals surface area contributed by atoms with Crippen LogP contribution in [-0.4, -0.2) is 50.6 Å². The van der Waals surface area contributed by atoms with Gasteiger partial charge in [0.1, 0.15) is 64.0 Å². The molecular formula is C39H25BF20O4S. The van der Waals surface area contributed by atoms with Gasteiger partial charge >= 0.3 is 11.9 Å². The van der Waals surface area contributed by atoms with Crippen LogP contribution in [0.5, 0.6) is 0 Å². The Balaban J connectivity index is 0.000000387. The van der Waals surface area contributed by atoms with Crippen LogP contribution in [0.25, 0.3) is 0 Å². The molecule has 1 saturated carbocycles. The predicted octanol–water partition coefficient (Wildman–Crippen LogP) is 7.93. The summed E-state index contributed by atoms with van der Waals surface area (Å²) in [6.45, 7) is 0. The number of carbonyl (C=O) groups excluding carboxylic acids is 2. The van der Waals surface area contributed by atoms with Gasteiger partial charge in [0.25, 0.3) is 0 Å². The highest BCUT2D eigenvalue weighted by Crippen LogP contribution is 2.34. The Bertz CT molecular complexity index is 2220. The Labute approximate surface area is 355 Å². The second-order valence-corrected chi connectivity index (χ2v) is 16.4. The highest BCUT2D eigenvalue weighted by atomic mass is 32.2. The maximum Gasteiger partial charge on any atom is 0.345 e. The fourth-order valence-electron chi connectivity index (χ4n) is 7.58. The molecule has 0 bridgehead atoms. The summed E-state index contributed by atoms with van der Waals surface area (Å²) in [6, 6.07) is 0. The summed E-state index contributed by atoms with van der Waals surface area (Å²) < 4.78 is 304. The first kappa shape index (κ1) is 52.2. The van der Waals surface area contributed by atoms with Crippen molar-refractivity contribution in [1.29, 1.82) is 0 Å². The third-order valence-electron chi connectivity index (χ3n) is 10.3. The summed E-state index contributed by atoms with van der Waals surface area (Å²) in [7, 11) is 2.74. The molecule has 0 radical (unpaired) electrons. The van der Waals surface area contributed by atoms with E-state index in [0.29, 0.717) is 5.92 Å². The molecule has 0 spiro atoms. The van der Waals surface area contributed by atoms with Gasteiger partial charge in [0.2, 0.25) is 0 Å². The molecule has 1 aliphatic rings. The third kappa shape index (κ3) is 8.73. The van der Waals surface area contributed by atoms with Crippen molar-refractivity contribution < 1.29 is 107 Å². The molecule has 0 aromatic heterocycles. The molecule has 0 heterocycles. The molecule has 0 atom stereocenters. The standard InChI is InChI=1S/C24BF20.C15H25O4S/c26-5-1(6(27)14(35)21(42)13(5)34)25(2-7(28)15(36)22(43)16(37)8(2)29,3-9(30)17(38)23(44)18(39)10(3)31)4-11(32)19(40)24(45)20(41)12(4)33;1-18-14(16)13(15(17)19-2)12(10-20(3)4)11-8-6-5-7-9-11/h;11H,5-10H2,1-4H3/q-1;+1. The van der Waals surface area contributed by atoms with E-state index in [1.54, 1.807) is 0 Å². The third-order valence-corrected chi connectivity index (χ3v) is 11.2. The van der Waals surface area contributed by atoms with E-state index in [9.17, 15) is 62.3 Å². The number of carbonyl (C=O) groups is 2. The molecule has 4 aromatic carbocycles. The lowest BCUT2D eigenvalue weighted by molar-refractivity contribution is -0.144. The van der Waals surface area contributed by atoms with Crippen LogP contribution in [0.1, 0.15) is 32.1 Å². The number of esters is 2. The van der Waals surface area contributed by atoms with Crippen LogP contribution in [0.3, 0.4) is 0 Å². The summed E-state index contributed by atoms with van der Waals surface area (Å²) in [5.41, 5.74) is -13.3. The van der Waals surface area contributed by atoms with Crippen LogP contribution in [-0.2, 0) is 30.0 Å². The summed E-state index contributed by atoms with van der Waals surface area (Å²) in [5.74, 6) is -71.5.